The number of aromatic nitrogens is 1. The van der Waals surface area contributed by atoms with Crippen molar-refractivity contribution in [2.24, 2.45) is 5.92 Å². The Morgan fingerprint density at radius 1 is 1.62 bits per heavy atom. The Kier molecular flexibility index (Phi) is 3.71. The van der Waals surface area contributed by atoms with Gasteiger partial charge < -0.3 is 11.1 Å². The molecule has 1 heterocycles. The summed E-state index contributed by atoms with van der Waals surface area (Å²) < 4.78 is 0. The van der Waals surface area contributed by atoms with Crippen molar-refractivity contribution in [1.82, 2.24) is 10.3 Å². The summed E-state index contributed by atoms with van der Waals surface area (Å²) in [7, 11) is 1.96. The second-order valence-corrected chi connectivity index (χ2v) is 3.44. The Morgan fingerprint density at radius 3 is 3.00 bits per heavy atom. The van der Waals surface area contributed by atoms with Crippen LogP contribution < -0.4 is 11.1 Å². The molecule has 1 aromatic rings. The second kappa shape index (κ2) is 4.82. The lowest BCUT2D eigenvalue weighted by molar-refractivity contribution is 0.542. The maximum Gasteiger partial charge on any atom is 0.0377 e. The Balaban J connectivity index is 2.58. The summed E-state index contributed by atoms with van der Waals surface area (Å²) in [6.45, 7) is 3.21. The van der Waals surface area contributed by atoms with Gasteiger partial charge in [-0.1, -0.05) is 6.92 Å². The maximum atomic E-state index is 5.80. The summed E-state index contributed by atoms with van der Waals surface area (Å²) in [5, 5.41) is 3.15. The first-order valence-corrected chi connectivity index (χ1v) is 4.57. The van der Waals surface area contributed by atoms with Crippen LogP contribution in [0, 0.1) is 5.92 Å². The van der Waals surface area contributed by atoms with Crippen molar-refractivity contribution in [2.75, 3.05) is 19.3 Å². The number of nitrogens with one attached hydrogen (secondary N) is 1. The van der Waals surface area contributed by atoms with Crippen LogP contribution in [0.4, 0.5) is 5.69 Å². The smallest absolute Gasteiger partial charge is 0.0377 e. The molecule has 0 aliphatic heterocycles. The van der Waals surface area contributed by atoms with E-state index in [2.05, 4.69) is 17.2 Å². The van der Waals surface area contributed by atoms with E-state index in [-0.39, 0.29) is 0 Å². The number of nitrogen functional groups attached to an aromatic ring is 1. The number of rotatable bonds is 4. The highest BCUT2D eigenvalue weighted by Crippen LogP contribution is 2.13. The number of hydrogen-bond donors (Lipinski definition) is 2. The van der Waals surface area contributed by atoms with Gasteiger partial charge in [0.05, 0.1) is 0 Å². The van der Waals surface area contributed by atoms with Gasteiger partial charge in [-0.25, -0.2) is 0 Å². The Hall–Kier alpha value is -1.09. The van der Waals surface area contributed by atoms with Crippen LogP contribution in [0.25, 0.3) is 0 Å². The molecule has 0 bridgehead atoms. The molecule has 1 rings (SSSR count). The molecule has 0 saturated carbocycles. The predicted octanol–water partition coefficient (Wildman–Crippen LogP) is 1.06. The van der Waals surface area contributed by atoms with Crippen LogP contribution in [0.1, 0.15) is 12.5 Å². The zero-order valence-electron chi connectivity index (χ0n) is 8.25. The lowest BCUT2D eigenvalue weighted by Gasteiger charge is -2.11. The average Bonchev–Trinajstić information content (AvgIpc) is 2.09. The molecule has 1 atom stereocenters. The van der Waals surface area contributed by atoms with Crippen LogP contribution in [0.15, 0.2) is 18.5 Å². The zero-order valence-corrected chi connectivity index (χ0v) is 8.25. The first kappa shape index (κ1) is 9.99. The van der Waals surface area contributed by atoms with Crippen molar-refractivity contribution in [3.63, 3.8) is 0 Å². The molecule has 13 heavy (non-hydrogen) atoms. The van der Waals surface area contributed by atoms with Gasteiger partial charge in [-0.15, -0.1) is 0 Å². The molecule has 0 saturated heterocycles. The first-order chi connectivity index (χ1) is 6.24. The molecule has 0 radical (unpaired) electrons. The van der Waals surface area contributed by atoms with Gasteiger partial charge in [-0.2, -0.15) is 0 Å². The second-order valence-electron chi connectivity index (χ2n) is 3.44. The van der Waals surface area contributed by atoms with Crippen molar-refractivity contribution < 1.29 is 0 Å². The monoisotopic (exact) mass is 179 g/mol. The molecule has 1 aromatic heterocycles. The van der Waals surface area contributed by atoms with Crippen molar-refractivity contribution in [3.8, 4) is 0 Å². The van der Waals surface area contributed by atoms with Crippen LogP contribution >= 0.6 is 0 Å². The quantitative estimate of drug-likeness (QED) is 0.726. The van der Waals surface area contributed by atoms with Crippen molar-refractivity contribution in [3.05, 3.63) is 24.0 Å². The topological polar surface area (TPSA) is 50.9 Å². The van der Waals surface area contributed by atoms with E-state index in [1.807, 2.05) is 19.3 Å². The zero-order chi connectivity index (χ0) is 9.68. The number of pyridine rings is 1. The molecule has 0 aliphatic carbocycles. The van der Waals surface area contributed by atoms with Crippen LogP contribution in [-0.4, -0.2) is 18.6 Å². The highest BCUT2D eigenvalue weighted by Gasteiger charge is 2.04. The fourth-order valence-corrected chi connectivity index (χ4v) is 1.40. The van der Waals surface area contributed by atoms with Crippen LogP contribution in [-0.2, 0) is 6.42 Å². The number of nitrogens with two attached hydrogens (primary N) is 1. The number of nitrogens with zero attached hydrogens (tertiary/aromatic N) is 1. The molecular weight excluding hydrogens is 162 g/mol. The van der Waals surface area contributed by atoms with Crippen molar-refractivity contribution >= 4 is 5.69 Å². The molecule has 3 N–H and O–H groups in total. The molecule has 0 fully saturated rings. The molecular formula is C10H17N3. The van der Waals surface area contributed by atoms with Gasteiger partial charge in [0.1, 0.15) is 0 Å². The van der Waals surface area contributed by atoms with Crippen molar-refractivity contribution in [1.29, 1.82) is 0 Å². The van der Waals surface area contributed by atoms with Gasteiger partial charge in [-0.05, 0) is 37.6 Å². The van der Waals surface area contributed by atoms with E-state index in [0.29, 0.717) is 5.92 Å². The highest BCUT2D eigenvalue weighted by atomic mass is 14.8. The van der Waals surface area contributed by atoms with Gasteiger partial charge in [0.15, 0.2) is 0 Å². The fourth-order valence-electron chi connectivity index (χ4n) is 1.40. The van der Waals surface area contributed by atoms with E-state index in [1.165, 1.54) is 0 Å². The third-order valence-corrected chi connectivity index (χ3v) is 2.06. The van der Waals surface area contributed by atoms with E-state index in [0.717, 1.165) is 24.2 Å². The van der Waals surface area contributed by atoms with E-state index >= 15 is 0 Å². The minimum atomic E-state index is 0.594. The van der Waals surface area contributed by atoms with Gasteiger partial charge in [0.2, 0.25) is 0 Å². The van der Waals surface area contributed by atoms with Gasteiger partial charge in [0, 0.05) is 18.1 Å². The average molecular weight is 179 g/mol. The summed E-state index contributed by atoms with van der Waals surface area (Å²) in [6, 6.07) is 1.85. The molecule has 1 unspecified atom stereocenters. The minimum Gasteiger partial charge on any atom is -0.398 e. The molecule has 72 valence electrons. The lowest BCUT2D eigenvalue weighted by atomic mass is 10.0. The van der Waals surface area contributed by atoms with Crippen LogP contribution in [0.2, 0.25) is 0 Å². The Bertz CT molecular complexity index is 260. The number of hydrogen-bond acceptors (Lipinski definition) is 3. The third-order valence-electron chi connectivity index (χ3n) is 2.06. The number of anilines is 1. The fraction of sp³-hybridized carbons (Fsp3) is 0.500. The third kappa shape index (κ3) is 3.03. The van der Waals surface area contributed by atoms with Gasteiger partial charge in [0.25, 0.3) is 0 Å². The molecule has 0 aromatic carbocycles. The SMILES string of the molecule is CNCC(C)Cc1cnccc1N. The Labute approximate surface area is 79.4 Å². The summed E-state index contributed by atoms with van der Waals surface area (Å²) in [4.78, 5) is 4.06. The first-order valence-electron chi connectivity index (χ1n) is 4.57. The van der Waals surface area contributed by atoms with E-state index in [1.54, 1.807) is 6.20 Å². The summed E-state index contributed by atoms with van der Waals surface area (Å²) in [6.07, 6.45) is 4.56. The largest absolute Gasteiger partial charge is 0.398 e. The normalized spacial score (nSPS) is 12.8. The van der Waals surface area contributed by atoms with Crippen molar-refractivity contribution in [2.45, 2.75) is 13.3 Å². The maximum absolute atomic E-state index is 5.80. The molecule has 3 nitrogen and oxygen atoms in total. The van der Waals surface area contributed by atoms with Crippen LogP contribution in [0.3, 0.4) is 0 Å². The standard InChI is InChI=1S/C10H17N3/c1-8(6-12-2)5-9-7-13-4-3-10(9)11/h3-4,7-8,12H,5-6H2,1-2H3,(H2,11,13). The van der Waals surface area contributed by atoms with E-state index < -0.39 is 0 Å². The summed E-state index contributed by atoms with van der Waals surface area (Å²) in [5.74, 6) is 0.594. The molecule has 3 heteroatoms. The van der Waals surface area contributed by atoms with Gasteiger partial charge >= 0.3 is 0 Å². The minimum absolute atomic E-state index is 0.594. The summed E-state index contributed by atoms with van der Waals surface area (Å²) >= 11 is 0. The molecule has 0 aliphatic rings. The molecule has 0 spiro atoms. The Morgan fingerprint density at radius 2 is 2.38 bits per heavy atom. The van der Waals surface area contributed by atoms with Crippen LogP contribution in [0.5, 0.6) is 0 Å². The predicted molar refractivity (Wildman–Crippen MR) is 55.4 cm³/mol. The van der Waals surface area contributed by atoms with E-state index in [9.17, 15) is 0 Å². The summed E-state index contributed by atoms with van der Waals surface area (Å²) in [5.41, 5.74) is 7.79. The molecule has 0 amide bonds. The van der Waals surface area contributed by atoms with E-state index in [4.69, 9.17) is 5.73 Å². The van der Waals surface area contributed by atoms with Gasteiger partial charge in [-0.3, -0.25) is 4.98 Å². The highest BCUT2D eigenvalue weighted by molar-refractivity contribution is 5.44. The lowest BCUT2D eigenvalue weighted by Crippen LogP contribution is -2.18.